The highest BCUT2D eigenvalue weighted by atomic mass is 32.1. The van der Waals surface area contributed by atoms with E-state index in [0.717, 1.165) is 16.1 Å². The highest BCUT2D eigenvalue weighted by molar-refractivity contribution is 7.18. The zero-order chi connectivity index (χ0) is 9.26. The van der Waals surface area contributed by atoms with Crippen LogP contribution in [-0.4, -0.2) is 4.98 Å². The molecule has 0 spiro atoms. The molecule has 2 N–H and O–H groups in total. The van der Waals surface area contributed by atoms with Gasteiger partial charge in [-0.3, -0.25) is 4.84 Å². The molecule has 0 saturated carbocycles. The summed E-state index contributed by atoms with van der Waals surface area (Å²) in [5.74, 6) is 5.03. The average Bonchev–Trinajstić information content (AvgIpc) is 2.47. The Hall–Kier alpha value is -0.970. The highest BCUT2D eigenvalue weighted by Crippen LogP contribution is 2.24. The molecule has 0 aliphatic heterocycles. The normalized spacial score (nSPS) is 10.9. The SMILES string of the molecule is Cc1nc2c(CON)cccc2s1. The van der Waals surface area contributed by atoms with Crippen molar-refractivity contribution < 1.29 is 4.84 Å². The van der Waals surface area contributed by atoms with Crippen molar-refractivity contribution in [1.82, 2.24) is 4.98 Å². The van der Waals surface area contributed by atoms with E-state index in [-0.39, 0.29) is 0 Å². The fraction of sp³-hybridized carbons (Fsp3) is 0.222. The lowest BCUT2D eigenvalue weighted by Gasteiger charge is -1.98. The van der Waals surface area contributed by atoms with Crippen LogP contribution in [0.3, 0.4) is 0 Å². The molecule has 0 aliphatic rings. The van der Waals surface area contributed by atoms with Gasteiger partial charge in [0.1, 0.15) is 0 Å². The van der Waals surface area contributed by atoms with Gasteiger partial charge in [0.2, 0.25) is 0 Å². The van der Waals surface area contributed by atoms with Gasteiger partial charge in [-0.05, 0) is 13.0 Å². The topological polar surface area (TPSA) is 48.1 Å². The molecule has 0 aliphatic carbocycles. The van der Waals surface area contributed by atoms with Crippen molar-refractivity contribution in [3.63, 3.8) is 0 Å². The summed E-state index contributed by atoms with van der Waals surface area (Å²) in [6, 6.07) is 6.03. The van der Waals surface area contributed by atoms with Gasteiger partial charge in [-0.2, -0.15) is 0 Å². The molecule has 0 unspecified atom stereocenters. The minimum atomic E-state index is 0.417. The molecule has 3 nitrogen and oxygen atoms in total. The van der Waals surface area contributed by atoms with E-state index >= 15 is 0 Å². The van der Waals surface area contributed by atoms with E-state index in [1.165, 1.54) is 4.70 Å². The Morgan fingerprint density at radius 3 is 3.15 bits per heavy atom. The van der Waals surface area contributed by atoms with Crippen LogP contribution in [0.25, 0.3) is 10.2 Å². The highest BCUT2D eigenvalue weighted by Gasteiger charge is 2.04. The van der Waals surface area contributed by atoms with Gasteiger partial charge in [0.05, 0.1) is 21.8 Å². The summed E-state index contributed by atoms with van der Waals surface area (Å²) in [7, 11) is 0. The fourth-order valence-corrected chi connectivity index (χ4v) is 2.20. The third-order valence-corrected chi connectivity index (χ3v) is 2.78. The fourth-order valence-electron chi connectivity index (χ4n) is 1.32. The molecule has 1 aromatic carbocycles. The summed E-state index contributed by atoms with van der Waals surface area (Å²) in [6.07, 6.45) is 0. The molecule has 4 heteroatoms. The van der Waals surface area contributed by atoms with Crippen LogP contribution in [0, 0.1) is 6.92 Å². The molecule has 1 heterocycles. The quantitative estimate of drug-likeness (QED) is 0.744. The molecule has 0 atom stereocenters. The van der Waals surface area contributed by atoms with Gasteiger partial charge in [-0.1, -0.05) is 12.1 Å². The molecule has 68 valence electrons. The second-order valence-electron chi connectivity index (χ2n) is 2.81. The molecule has 1 aromatic heterocycles. The molecule has 0 fully saturated rings. The first-order valence-electron chi connectivity index (χ1n) is 3.98. The van der Waals surface area contributed by atoms with Gasteiger partial charge in [0.15, 0.2) is 0 Å². The molecule has 0 amide bonds. The maximum absolute atomic E-state index is 5.03. The predicted octanol–water partition coefficient (Wildman–Crippen LogP) is 2.00. The molecular weight excluding hydrogens is 184 g/mol. The third-order valence-electron chi connectivity index (χ3n) is 1.85. The Morgan fingerprint density at radius 1 is 1.54 bits per heavy atom. The van der Waals surface area contributed by atoms with Gasteiger partial charge in [-0.15, -0.1) is 11.3 Å². The second kappa shape index (κ2) is 3.41. The Morgan fingerprint density at radius 2 is 2.38 bits per heavy atom. The number of benzene rings is 1. The van der Waals surface area contributed by atoms with Gasteiger partial charge in [-0.25, -0.2) is 10.9 Å². The van der Waals surface area contributed by atoms with Crippen LogP contribution >= 0.6 is 11.3 Å². The van der Waals surface area contributed by atoms with Crippen LogP contribution in [0.15, 0.2) is 18.2 Å². The van der Waals surface area contributed by atoms with E-state index in [0.29, 0.717) is 6.61 Å². The van der Waals surface area contributed by atoms with Crippen LogP contribution in [0.5, 0.6) is 0 Å². The molecule has 2 rings (SSSR count). The van der Waals surface area contributed by atoms with Crippen molar-refractivity contribution in [2.45, 2.75) is 13.5 Å². The minimum Gasteiger partial charge on any atom is -0.300 e. The number of para-hydroxylation sites is 1. The van der Waals surface area contributed by atoms with Crippen molar-refractivity contribution in [3.05, 3.63) is 28.8 Å². The Kier molecular flexibility index (Phi) is 2.26. The lowest BCUT2D eigenvalue weighted by atomic mass is 10.2. The number of aromatic nitrogens is 1. The number of hydrogen-bond donors (Lipinski definition) is 1. The summed E-state index contributed by atoms with van der Waals surface area (Å²) < 4.78 is 1.19. The standard InChI is InChI=1S/C9H10N2OS/c1-6-11-9-7(5-12-10)3-2-4-8(9)13-6/h2-4H,5,10H2,1H3. The molecule has 13 heavy (non-hydrogen) atoms. The van der Waals surface area contributed by atoms with Crippen LogP contribution in [0.2, 0.25) is 0 Å². The third kappa shape index (κ3) is 1.56. The smallest absolute Gasteiger partial charge is 0.0951 e. The number of rotatable bonds is 2. The maximum atomic E-state index is 5.03. The molecule has 0 bridgehead atoms. The van der Waals surface area contributed by atoms with Gasteiger partial charge >= 0.3 is 0 Å². The average molecular weight is 194 g/mol. The number of thiazole rings is 1. The number of aryl methyl sites for hydroxylation is 1. The van der Waals surface area contributed by atoms with Crippen molar-refractivity contribution in [3.8, 4) is 0 Å². The summed E-state index contributed by atoms with van der Waals surface area (Å²) in [4.78, 5) is 9.02. The van der Waals surface area contributed by atoms with Gasteiger partial charge in [0.25, 0.3) is 0 Å². The lowest BCUT2D eigenvalue weighted by molar-refractivity contribution is 0.125. The van der Waals surface area contributed by atoms with E-state index in [9.17, 15) is 0 Å². The first-order chi connectivity index (χ1) is 6.31. The van der Waals surface area contributed by atoms with E-state index in [2.05, 4.69) is 15.9 Å². The number of nitrogens with two attached hydrogens (primary N) is 1. The Bertz CT molecular complexity index is 424. The molecule has 0 radical (unpaired) electrons. The van der Waals surface area contributed by atoms with E-state index in [4.69, 9.17) is 5.90 Å². The zero-order valence-electron chi connectivity index (χ0n) is 7.28. The minimum absolute atomic E-state index is 0.417. The largest absolute Gasteiger partial charge is 0.300 e. The van der Waals surface area contributed by atoms with Crippen molar-refractivity contribution >= 4 is 21.6 Å². The Balaban J connectivity index is 2.60. The summed E-state index contributed by atoms with van der Waals surface area (Å²) in [6.45, 7) is 2.41. The monoisotopic (exact) mass is 194 g/mol. The first-order valence-corrected chi connectivity index (χ1v) is 4.79. The predicted molar refractivity (Wildman–Crippen MR) is 53.3 cm³/mol. The number of nitrogens with zero attached hydrogens (tertiary/aromatic N) is 1. The zero-order valence-corrected chi connectivity index (χ0v) is 8.10. The van der Waals surface area contributed by atoms with Crippen LogP contribution < -0.4 is 5.90 Å². The summed E-state index contributed by atoms with van der Waals surface area (Å²) >= 11 is 1.68. The van der Waals surface area contributed by atoms with Crippen LogP contribution in [-0.2, 0) is 11.4 Å². The Labute approximate surface area is 80.1 Å². The lowest BCUT2D eigenvalue weighted by Crippen LogP contribution is -1.99. The summed E-state index contributed by atoms with van der Waals surface area (Å²) in [5.41, 5.74) is 2.06. The van der Waals surface area contributed by atoms with Crippen LogP contribution in [0.1, 0.15) is 10.6 Å². The summed E-state index contributed by atoms with van der Waals surface area (Å²) in [5, 5.41) is 1.07. The van der Waals surface area contributed by atoms with Crippen molar-refractivity contribution in [1.29, 1.82) is 0 Å². The van der Waals surface area contributed by atoms with Crippen molar-refractivity contribution in [2.24, 2.45) is 5.90 Å². The number of hydrogen-bond acceptors (Lipinski definition) is 4. The van der Waals surface area contributed by atoms with E-state index in [1.807, 2.05) is 19.1 Å². The molecule has 2 aromatic rings. The molecular formula is C9H10N2OS. The van der Waals surface area contributed by atoms with E-state index in [1.54, 1.807) is 11.3 Å². The first kappa shape index (κ1) is 8.62. The van der Waals surface area contributed by atoms with Gasteiger partial charge < -0.3 is 0 Å². The second-order valence-corrected chi connectivity index (χ2v) is 4.04. The van der Waals surface area contributed by atoms with Crippen LogP contribution in [0.4, 0.5) is 0 Å². The number of fused-ring (bicyclic) bond motifs is 1. The maximum Gasteiger partial charge on any atom is 0.0951 e. The molecule has 0 saturated heterocycles. The van der Waals surface area contributed by atoms with Gasteiger partial charge in [0, 0.05) is 5.56 Å². The van der Waals surface area contributed by atoms with Crippen molar-refractivity contribution in [2.75, 3.05) is 0 Å². The van der Waals surface area contributed by atoms with E-state index < -0.39 is 0 Å².